The van der Waals surface area contributed by atoms with E-state index in [2.05, 4.69) is 0 Å². The van der Waals surface area contributed by atoms with Crippen LogP contribution in [0.25, 0.3) is 6.08 Å². The van der Waals surface area contributed by atoms with Crippen LogP contribution in [-0.4, -0.2) is 46.9 Å². The molecule has 29 heavy (non-hydrogen) atoms. The smallest absolute Gasteiger partial charge is 0.331 e. The van der Waals surface area contributed by atoms with Gasteiger partial charge >= 0.3 is 5.97 Å². The normalized spacial score (nSPS) is 10.5. The van der Waals surface area contributed by atoms with Gasteiger partial charge in [0.1, 0.15) is 0 Å². The van der Waals surface area contributed by atoms with Gasteiger partial charge in [0.15, 0.2) is 18.1 Å². The number of hydrogen-bond acceptors (Lipinski definition) is 6. The molecule has 0 heterocycles. The van der Waals surface area contributed by atoms with Gasteiger partial charge in [-0.05, 0) is 48.4 Å². The Balaban J connectivity index is 2.00. The maximum Gasteiger partial charge on any atom is 0.331 e. The molecule has 154 valence electrons. The molecule has 0 radical (unpaired) electrons. The van der Waals surface area contributed by atoms with E-state index < -0.39 is 5.97 Å². The maximum atomic E-state index is 12.2. The van der Waals surface area contributed by atoms with Crippen molar-refractivity contribution >= 4 is 23.6 Å². The van der Waals surface area contributed by atoms with Gasteiger partial charge in [-0.2, -0.15) is 0 Å². The summed E-state index contributed by atoms with van der Waals surface area (Å²) in [6, 6.07) is 10.9. The van der Waals surface area contributed by atoms with Gasteiger partial charge in [0.05, 0.1) is 21.3 Å². The molecule has 1 amide bonds. The number of hydrogen-bond donors (Lipinski definition) is 0. The molecule has 0 N–H and O–H groups in total. The fraction of sp³-hybridized carbons (Fsp3) is 0.273. The minimum absolute atomic E-state index is 0.329. The molecule has 2 aromatic rings. The lowest BCUT2D eigenvalue weighted by atomic mass is 10.1. The Morgan fingerprint density at radius 3 is 2.21 bits per heavy atom. The lowest BCUT2D eigenvalue weighted by molar-refractivity contribution is -0.142. The van der Waals surface area contributed by atoms with Gasteiger partial charge in [0.25, 0.3) is 5.91 Å². The van der Waals surface area contributed by atoms with Crippen LogP contribution in [0.3, 0.4) is 0 Å². The summed E-state index contributed by atoms with van der Waals surface area (Å²) in [6.07, 6.45) is 2.78. The zero-order valence-electron chi connectivity index (χ0n) is 17.2. The van der Waals surface area contributed by atoms with E-state index in [1.165, 1.54) is 32.3 Å². The summed E-state index contributed by atoms with van der Waals surface area (Å²) < 4.78 is 20.9. The average molecular weight is 399 g/mol. The average Bonchev–Trinajstić information content (AvgIpc) is 2.74. The third kappa shape index (κ3) is 5.75. The van der Waals surface area contributed by atoms with Crippen LogP contribution in [0.2, 0.25) is 0 Å². The van der Waals surface area contributed by atoms with E-state index in [-0.39, 0.29) is 12.5 Å². The highest BCUT2D eigenvalue weighted by molar-refractivity contribution is 5.96. The van der Waals surface area contributed by atoms with Crippen molar-refractivity contribution < 1.29 is 28.5 Å². The number of nitrogens with zero attached hydrogens (tertiary/aromatic N) is 1. The Morgan fingerprint density at radius 2 is 1.66 bits per heavy atom. The largest absolute Gasteiger partial charge is 0.493 e. The summed E-state index contributed by atoms with van der Waals surface area (Å²) in [5, 5.41) is 0. The first-order valence-electron chi connectivity index (χ1n) is 8.87. The summed E-state index contributed by atoms with van der Waals surface area (Å²) in [7, 11) is 6.17. The fourth-order valence-corrected chi connectivity index (χ4v) is 2.62. The number of ether oxygens (including phenoxy) is 4. The van der Waals surface area contributed by atoms with Crippen molar-refractivity contribution in [2.45, 2.75) is 6.92 Å². The highest BCUT2D eigenvalue weighted by Crippen LogP contribution is 2.38. The number of benzene rings is 2. The number of esters is 1. The van der Waals surface area contributed by atoms with Gasteiger partial charge in [0.2, 0.25) is 5.75 Å². The minimum Gasteiger partial charge on any atom is -0.493 e. The van der Waals surface area contributed by atoms with Crippen LogP contribution < -0.4 is 19.1 Å². The number of methoxy groups -OCH3 is 3. The van der Waals surface area contributed by atoms with Crippen molar-refractivity contribution in [3.8, 4) is 17.2 Å². The lowest BCUT2D eigenvalue weighted by Crippen LogP contribution is -2.30. The summed E-state index contributed by atoms with van der Waals surface area (Å²) in [6.45, 7) is 1.58. The Hall–Kier alpha value is -3.48. The standard InChI is InChI=1S/C22H25NO6/c1-15-7-6-8-17(11-15)23(2)20(24)14-29-21(25)10-9-16-12-18(26-3)22(28-5)19(13-16)27-4/h6-13H,14H2,1-5H3/b10-9+. The molecule has 0 bridgehead atoms. The van der Waals surface area contributed by atoms with E-state index in [1.807, 2.05) is 31.2 Å². The van der Waals surface area contributed by atoms with Crippen molar-refractivity contribution in [3.63, 3.8) is 0 Å². The van der Waals surface area contributed by atoms with Crippen LogP contribution in [0.15, 0.2) is 42.5 Å². The van der Waals surface area contributed by atoms with E-state index >= 15 is 0 Å². The molecule has 0 aliphatic rings. The molecular formula is C22H25NO6. The first-order valence-corrected chi connectivity index (χ1v) is 8.87. The number of aryl methyl sites for hydroxylation is 1. The van der Waals surface area contributed by atoms with Crippen LogP contribution >= 0.6 is 0 Å². The monoisotopic (exact) mass is 399 g/mol. The van der Waals surface area contributed by atoms with Crippen molar-refractivity contribution in [3.05, 3.63) is 53.6 Å². The first-order chi connectivity index (χ1) is 13.9. The second-order valence-electron chi connectivity index (χ2n) is 6.19. The van der Waals surface area contributed by atoms with Crippen molar-refractivity contribution in [1.82, 2.24) is 0 Å². The first kappa shape index (κ1) is 21.8. The van der Waals surface area contributed by atoms with E-state index in [0.29, 0.717) is 22.8 Å². The van der Waals surface area contributed by atoms with Crippen molar-refractivity contribution in [2.75, 3.05) is 39.9 Å². The number of carbonyl (C=O) groups is 2. The van der Waals surface area contributed by atoms with Crippen LogP contribution in [0.4, 0.5) is 5.69 Å². The SMILES string of the molecule is COc1cc(/C=C/C(=O)OCC(=O)N(C)c2cccc(C)c2)cc(OC)c1OC. The zero-order chi connectivity index (χ0) is 21.4. The summed E-state index contributed by atoms with van der Waals surface area (Å²) >= 11 is 0. The van der Waals surface area contributed by atoms with E-state index in [0.717, 1.165) is 11.3 Å². The molecule has 0 saturated heterocycles. The molecule has 0 aliphatic heterocycles. The van der Waals surface area contributed by atoms with Crippen LogP contribution in [0.5, 0.6) is 17.2 Å². The molecular weight excluding hydrogens is 374 g/mol. The highest BCUT2D eigenvalue weighted by Gasteiger charge is 2.14. The van der Waals surface area contributed by atoms with Gasteiger partial charge < -0.3 is 23.8 Å². The van der Waals surface area contributed by atoms with Crippen molar-refractivity contribution in [2.24, 2.45) is 0 Å². The fourth-order valence-electron chi connectivity index (χ4n) is 2.62. The molecule has 7 heteroatoms. The molecule has 0 unspecified atom stereocenters. The predicted octanol–water partition coefficient (Wildman–Crippen LogP) is 3.24. The minimum atomic E-state index is -0.634. The van der Waals surface area contributed by atoms with Crippen LogP contribution in [0, 0.1) is 6.92 Å². The number of carbonyl (C=O) groups excluding carboxylic acids is 2. The lowest BCUT2D eigenvalue weighted by Gasteiger charge is -2.17. The van der Waals surface area contributed by atoms with Gasteiger partial charge in [-0.25, -0.2) is 4.79 Å². The predicted molar refractivity (Wildman–Crippen MR) is 111 cm³/mol. The number of likely N-dealkylation sites (N-methyl/N-ethyl adjacent to an activating group) is 1. The second kappa shape index (κ2) is 10.2. The van der Waals surface area contributed by atoms with Gasteiger partial charge in [-0.1, -0.05) is 12.1 Å². The maximum absolute atomic E-state index is 12.2. The topological polar surface area (TPSA) is 74.3 Å². The number of rotatable bonds is 8. The summed E-state index contributed by atoms with van der Waals surface area (Å²) in [5.74, 6) is 0.430. The van der Waals surface area contributed by atoms with Gasteiger partial charge in [0, 0.05) is 18.8 Å². The summed E-state index contributed by atoms with van der Waals surface area (Å²) in [4.78, 5) is 25.7. The highest BCUT2D eigenvalue weighted by atomic mass is 16.5. The Bertz CT molecular complexity index is 881. The zero-order valence-corrected chi connectivity index (χ0v) is 17.2. The Morgan fingerprint density at radius 1 is 1.00 bits per heavy atom. The third-order valence-corrected chi connectivity index (χ3v) is 4.20. The van der Waals surface area contributed by atoms with E-state index in [9.17, 15) is 9.59 Å². The molecule has 0 saturated carbocycles. The quantitative estimate of drug-likeness (QED) is 0.501. The Kier molecular flexibility index (Phi) is 7.65. The molecule has 2 rings (SSSR count). The molecule has 2 aromatic carbocycles. The van der Waals surface area contributed by atoms with Crippen molar-refractivity contribution in [1.29, 1.82) is 0 Å². The molecule has 0 aliphatic carbocycles. The molecule has 0 fully saturated rings. The number of anilines is 1. The van der Waals surface area contributed by atoms with Gasteiger partial charge in [-0.3, -0.25) is 4.79 Å². The van der Waals surface area contributed by atoms with Crippen LogP contribution in [-0.2, 0) is 14.3 Å². The molecule has 7 nitrogen and oxygen atoms in total. The number of amides is 1. The van der Waals surface area contributed by atoms with E-state index in [1.54, 1.807) is 25.3 Å². The van der Waals surface area contributed by atoms with Crippen LogP contribution in [0.1, 0.15) is 11.1 Å². The molecule has 0 spiro atoms. The third-order valence-electron chi connectivity index (χ3n) is 4.20. The summed E-state index contributed by atoms with van der Waals surface area (Å²) in [5.41, 5.74) is 2.42. The van der Waals surface area contributed by atoms with E-state index in [4.69, 9.17) is 18.9 Å². The van der Waals surface area contributed by atoms with Gasteiger partial charge in [-0.15, -0.1) is 0 Å². The molecule has 0 aromatic heterocycles. The Labute approximate surface area is 170 Å². The molecule has 0 atom stereocenters. The second-order valence-corrected chi connectivity index (χ2v) is 6.19.